The molecule has 11 heteroatoms. The molecular formula is C24H28BrF2N3O5. The van der Waals surface area contributed by atoms with Crippen molar-refractivity contribution in [3.63, 3.8) is 0 Å². The predicted octanol–water partition coefficient (Wildman–Crippen LogP) is 4.56. The molecule has 2 rings (SSSR count). The molecule has 0 saturated heterocycles. The Morgan fingerprint density at radius 1 is 1.09 bits per heavy atom. The van der Waals surface area contributed by atoms with Gasteiger partial charge in [0.2, 0.25) is 0 Å². The smallest absolute Gasteiger partial charge is 0.407 e. The Morgan fingerprint density at radius 2 is 1.77 bits per heavy atom. The standard InChI is InChI=1S/C24H28BrF2N3O5/c1-24(2,3)35-23(33)29-12-5-4-11-18(30-22(32)15-8-7-13-28-21(15)25)19(31)14-34-20-16(26)9-6-10-17(20)27/h6-10,13,18H,4-5,11-12,14H2,1-3H3,(H,29,33)(H,30,32)/t18-/m0/s1. The fourth-order valence-electron chi connectivity index (χ4n) is 2.95. The van der Waals surface area contributed by atoms with Crippen LogP contribution in [0.15, 0.2) is 41.1 Å². The molecule has 0 aliphatic heterocycles. The highest BCUT2D eigenvalue weighted by molar-refractivity contribution is 9.10. The Morgan fingerprint density at radius 3 is 2.40 bits per heavy atom. The second-order valence-corrected chi connectivity index (χ2v) is 9.35. The maximum Gasteiger partial charge on any atom is 0.407 e. The largest absolute Gasteiger partial charge is 0.480 e. The number of aromatic nitrogens is 1. The van der Waals surface area contributed by atoms with Crippen molar-refractivity contribution in [1.29, 1.82) is 0 Å². The summed E-state index contributed by atoms with van der Waals surface area (Å²) < 4.78 is 38.2. The van der Waals surface area contributed by atoms with Gasteiger partial charge in [-0.05, 0) is 80.2 Å². The summed E-state index contributed by atoms with van der Waals surface area (Å²) in [6, 6.07) is 5.32. The van der Waals surface area contributed by atoms with Crippen LogP contribution in [0.5, 0.6) is 5.75 Å². The van der Waals surface area contributed by atoms with Crippen molar-refractivity contribution >= 4 is 33.7 Å². The number of carbonyl (C=O) groups is 3. The number of ether oxygens (including phenoxy) is 2. The number of Topliss-reactive ketones (excluding diaryl/α,β-unsaturated/α-hetero) is 1. The third-order valence-corrected chi connectivity index (χ3v) is 5.20. The number of nitrogens with one attached hydrogen (secondary N) is 2. The lowest BCUT2D eigenvalue weighted by Gasteiger charge is -2.20. The number of halogens is 3. The van der Waals surface area contributed by atoms with Gasteiger partial charge in [0.25, 0.3) is 5.91 Å². The van der Waals surface area contributed by atoms with Crippen LogP contribution in [0.3, 0.4) is 0 Å². The van der Waals surface area contributed by atoms with E-state index in [1.807, 2.05) is 0 Å². The normalized spacial score (nSPS) is 11.9. The van der Waals surface area contributed by atoms with Gasteiger partial charge in [-0.1, -0.05) is 6.07 Å². The highest BCUT2D eigenvalue weighted by Crippen LogP contribution is 2.21. The lowest BCUT2D eigenvalue weighted by atomic mass is 10.0. The first-order valence-corrected chi connectivity index (χ1v) is 11.7. The van der Waals surface area contributed by atoms with E-state index in [0.717, 1.165) is 12.1 Å². The first-order chi connectivity index (χ1) is 16.5. The van der Waals surface area contributed by atoms with Crippen molar-refractivity contribution in [3.8, 4) is 5.75 Å². The highest BCUT2D eigenvalue weighted by atomic mass is 79.9. The topological polar surface area (TPSA) is 107 Å². The number of unbranched alkanes of at least 4 members (excludes halogenated alkanes) is 1. The molecule has 190 valence electrons. The lowest BCUT2D eigenvalue weighted by Crippen LogP contribution is -2.43. The van der Waals surface area contributed by atoms with Crippen molar-refractivity contribution in [1.82, 2.24) is 15.6 Å². The van der Waals surface area contributed by atoms with Crippen LogP contribution in [0.1, 0.15) is 50.4 Å². The molecule has 0 unspecified atom stereocenters. The summed E-state index contributed by atoms with van der Waals surface area (Å²) >= 11 is 3.19. The molecule has 1 atom stereocenters. The van der Waals surface area contributed by atoms with E-state index < -0.39 is 53.4 Å². The van der Waals surface area contributed by atoms with Gasteiger partial charge in [0, 0.05) is 12.7 Å². The van der Waals surface area contributed by atoms with E-state index in [4.69, 9.17) is 9.47 Å². The minimum absolute atomic E-state index is 0.210. The molecule has 0 saturated carbocycles. The van der Waals surface area contributed by atoms with Gasteiger partial charge < -0.3 is 20.1 Å². The van der Waals surface area contributed by atoms with Gasteiger partial charge in [-0.15, -0.1) is 0 Å². The Bertz CT molecular complexity index is 1030. The summed E-state index contributed by atoms with van der Waals surface area (Å²) in [5.41, 5.74) is -0.401. The minimum atomic E-state index is -0.994. The number of benzene rings is 1. The number of nitrogens with zero attached hydrogens (tertiary/aromatic N) is 1. The average molecular weight is 556 g/mol. The fourth-order valence-corrected chi connectivity index (χ4v) is 3.38. The highest BCUT2D eigenvalue weighted by Gasteiger charge is 2.24. The Hall–Kier alpha value is -3.08. The second kappa shape index (κ2) is 13.1. The third-order valence-electron chi connectivity index (χ3n) is 4.56. The number of pyridine rings is 1. The summed E-state index contributed by atoms with van der Waals surface area (Å²) in [4.78, 5) is 41.3. The number of hydrogen-bond donors (Lipinski definition) is 2. The summed E-state index contributed by atoms with van der Waals surface area (Å²) in [6.45, 7) is 4.91. The lowest BCUT2D eigenvalue weighted by molar-refractivity contribution is -0.123. The second-order valence-electron chi connectivity index (χ2n) is 8.60. The zero-order valence-corrected chi connectivity index (χ0v) is 21.3. The molecule has 2 amide bonds. The van der Waals surface area contributed by atoms with E-state index in [2.05, 4.69) is 31.5 Å². The average Bonchev–Trinajstić information content (AvgIpc) is 2.76. The third kappa shape index (κ3) is 9.59. The predicted molar refractivity (Wildman–Crippen MR) is 128 cm³/mol. The molecule has 2 N–H and O–H groups in total. The van der Waals surface area contributed by atoms with Crippen molar-refractivity contribution in [2.75, 3.05) is 13.2 Å². The minimum Gasteiger partial charge on any atom is -0.480 e. The van der Waals surface area contributed by atoms with E-state index >= 15 is 0 Å². The number of ketones is 1. The van der Waals surface area contributed by atoms with Crippen LogP contribution in [0.2, 0.25) is 0 Å². The van der Waals surface area contributed by atoms with Crippen LogP contribution >= 0.6 is 15.9 Å². The van der Waals surface area contributed by atoms with Crippen LogP contribution in [0, 0.1) is 11.6 Å². The van der Waals surface area contributed by atoms with Crippen molar-refractivity contribution in [2.45, 2.75) is 51.7 Å². The molecule has 1 heterocycles. The van der Waals surface area contributed by atoms with Crippen molar-refractivity contribution in [3.05, 3.63) is 58.3 Å². The van der Waals surface area contributed by atoms with Crippen LogP contribution in [-0.4, -0.2) is 47.6 Å². The molecule has 0 bridgehead atoms. The molecule has 35 heavy (non-hydrogen) atoms. The van der Waals surface area contributed by atoms with Gasteiger partial charge in [0.05, 0.1) is 11.6 Å². The molecule has 1 aromatic carbocycles. The molecule has 0 aliphatic carbocycles. The quantitative estimate of drug-likeness (QED) is 0.311. The van der Waals surface area contributed by atoms with Crippen LogP contribution in [-0.2, 0) is 9.53 Å². The number of rotatable bonds is 11. The van der Waals surface area contributed by atoms with Crippen LogP contribution < -0.4 is 15.4 Å². The summed E-state index contributed by atoms with van der Waals surface area (Å²) in [5, 5.41) is 5.25. The molecule has 0 spiro atoms. The summed E-state index contributed by atoms with van der Waals surface area (Å²) in [6.07, 6.45) is 2.10. The van der Waals surface area contributed by atoms with E-state index in [9.17, 15) is 23.2 Å². The molecular weight excluding hydrogens is 528 g/mol. The maximum absolute atomic E-state index is 13.8. The first kappa shape index (κ1) is 28.2. The summed E-state index contributed by atoms with van der Waals surface area (Å²) in [7, 11) is 0. The number of amides is 2. The van der Waals surface area contributed by atoms with Gasteiger partial charge >= 0.3 is 6.09 Å². The van der Waals surface area contributed by atoms with Gasteiger partial charge in [0.1, 0.15) is 16.8 Å². The Kier molecular flexibility index (Phi) is 10.6. The van der Waals surface area contributed by atoms with Gasteiger partial charge in [-0.3, -0.25) is 9.59 Å². The number of alkyl carbamates (subject to hydrolysis) is 1. The van der Waals surface area contributed by atoms with E-state index in [1.54, 1.807) is 26.8 Å². The number of hydrogen-bond acceptors (Lipinski definition) is 6. The van der Waals surface area contributed by atoms with E-state index in [0.29, 0.717) is 24.0 Å². The first-order valence-electron chi connectivity index (χ1n) is 11.0. The van der Waals surface area contributed by atoms with Gasteiger partial charge in [0.15, 0.2) is 23.2 Å². The van der Waals surface area contributed by atoms with Crippen molar-refractivity contribution in [2.24, 2.45) is 0 Å². The fraction of sp³-hybridized carbons (Fsp3) is 0.417. The van der Waals surface area contributed by atoms with Crippen LogP contribution in [0.4, 0.5) is 13.6 Å². The zero-order chi connectivity index (χ0) is 26.0. The van der Waals surface area contributed by atoms with E-state index in [1.165, 1.54) is 18.3 Å². The SMILES string of the molecule is CC(C)(C)OC(=O)NCCCC[C@H](NC(=O)c1cccnc1Br)C(=O)COc1c(F)cccc1F. The van der Waals surface area contributed by atoms with Crippen molar-refractivity contribution < 1.29 is 32.6 Å². The van der Waals surface area contributed by atoms with Gasteiger partial charge in [-0.2, -0.15) is 0 Å². The molecule has 8 nitrogen and oxygen atoms in total. The van der Waals surface area contributed by atoms with E-state index in [-0.39, 0.29) is 12.0 Å². The Labute approximate surface area is 210 Å². The molecule has 1 aromatic heterocycles. The number of para-hydroxylation sites is 1. The molecule has 0 aliphatic rings. The monoisotopic (exact) mass is 555 g/mol. The maximum atomic E-state index is 13.8. The Balaban J connectivity index is 1.99. The van der Waals surface area contributed by atoms with Gasteiger partial charge in [-0.25, -0.2) is 18.6 Å². The number of carbonyl (C=O) groups excluding carboxylic acids is 3. The molecule has 0 fully saturated rings. The molecule has 2 aromatic rings. The molecule has 0 radical (unpaired) electrons. The van der Waals surface area contributed by atoms with Crippen LogP contribution in [0.25, 0.3) is 0 Å². The summed E-state index contributed by atoms with van der Waals surface area (Å²) in [5.74, 6) is -3.66. The zero-order valence-electron chi connectivity index (χ0n) is 19.7.